The van der Waals surface area contributed by atoms with Crippen molar-refractivity contribution < 1.29 is 4.79 Å². The van der Waals surface area contributed by atoms with Gasteiger partial charge in [0.15, 0.2) is 0 Å². The van der Waals surface area contributed by atoms with Crippen molar-refractivity contribution in [3.63, 3.8) is 0 Å². The van der Waals surface area contributed by atoms with E-state index < -0.39 is 0 Å². The third-order valence-corrected chi connectivity index (χ3v) is 4.86. The number of carbonyl (C=O) groups excluding carboxylic acids is 1. The number of para-hydroxylation sites is 2. The van der Waals surface area contributed by atoms with Crippen LogP contribution in [0.4, 0.5) is 11.4 Å². The molecule has 0 spiro atoms. The summed E-state index contributed by atoms with van der Waals surface area (Å²) in [5.41, 5.74) is 2.17. The summed E-state index contributed by atoms with van der Waals surface area (Å²) in [6, 6.07) is 8.23. The molecule has 1 aliphatic carbocycles. The highest BCUT2D eigenvalue weighted by atomic mass is 16.2. The second-order valence-electron chi connectivity index (χ2n) is 6.39. The van der Waals surface area contributed by atoms with Crippen molar-refractivity contribution in [2.75, 3.05) is 23.3 Å². The van der Waals surface area contributed by atoms with Crippen LogP contribution in [0, 0.1) is 5.92 Å². The summed E-state index contributed by atoms with van der Waals surface area (Å²) in [6.45, 7) is 1.88. The fourth-order valence-corrected chi connectivity index (χ4v) is 3.65. The average Bonchev–Trinajstić information content (AvgIpc) is 2.95. The number of anilines is 2. The normalized spacial score (nSPS) is 20.0. The second-order valence-corrected chi connectivity index (χ2v) is 6.39. The number of carbonyl (C=O) groups is 1. The van der Waals surface area contributed by atoms with Gasteiger partial charge < -0.3 is 10.2 Å². The van der Waals surface area contributed by atoms with Gasteiger partial charge in [0.1, 0.15) is 0 Å². The highest BCUT2D eigenvalue weighted by Crippen LogP contribution is 2.30. The summed E-state index contributed by atoms with van der Waals surface area (Å²) in [6.07, 6.45) is 9.95. The Morgan fingerprint density at radius 2 is 1.90 bits per heavy atom. The molecule has 1 aromatic carbocycles. The molecule has 1 saturated carbocycles. The predicted octanol–water partition coefficient (Wildman–Crippen LogP) is 4.20. The minimum atomic E-state index is 0.261. The van der Waals surface area contributed by atoms with E-state index in [2.05, 4.69) is 17.4 Å². The number of rotatable bonds is 5. The summed E-state index contributed by atoms with van der Waals surface area (Å²) >= 11 is 0. The molecule has 21 heavy (non-hydrogen) atoms. The first-order valence-electron chi connectivity index (χ1n) is 8.48. The molecular formula is C18H26N2O. The molecule has 1 N–H and O–H groups in total. The summed E-state index contributed by atoms with van der Waals surface area (Å²) in [7, 11) is 0. The van der Waals surface area contributed by atoms with Crippen LogP contribution < -0.4 is 10.2 Å². The molecule has 3 nitrogen and oxygen atoms in total. The van der Waals surface area contributed by atoms with E-state index in [1.807, 2.05) is 17.0 Å². The molecule has 2 fully saturated rings. The van der Waals surface area contributed by atoms with E-state index in [1.165, 1.54) is 38.5 Å². The van der Waals surface area contributed by atoms with Crippen molar-refractivity contribution in [3.05, 3.63) is 24.3 Å². The molecule has 0 atom stereocenters. The molecule has 3 heteroatoms. The van der Waals surface area contributed by atoms with Crippen molar-refractivity contribution in [2.24, 2.45) is 5.92 Å². The number of hydrogen-bond acceptors (Lipinski definition) is 2. The van der Waals surface area contributed by atoms with Crippen LogP contribution in [0.2, 0.25) is 0 Å². The zero-order valence-electron chi connectivity index (χ0n) is 12.8. The van der Waals surface area contributed by atoms with Crippen LogP contribution in [0.3, 0.4) is 0 Å². The Hall–Kier alpha value is -1.51. The predicted molar refractivity (Wildman–Crippen MR) is 87.7 cm³/mol. The topological polar surface area (TPSA) is 32.3 Å². The first-order chi connectivity index (χ1) is 10.3. The number of nitrogens with zero attached hydrogens (tertiary/aromatic N) is 1. The van der Waals surface area contributed by atoms with Crippen molar-refractivity contribution in [3.8, 4) is 0 Å². The van der Waals surface area contributed by atoms with Gasteiger partial charge in [0.25, 0.3) is 0 Å². The van der Waals surface area contributed by atoms with Gasteiger partial charge in [-0.15, -0.1) is 0 Å². The fraction of sp³-hybridized carbons (Fsp3) is 0.611. The molecular weight excluding hydrogens is 260 g/mol. The van der Waals surface area contributed by atoms with Gasteiger partial charge in [-0.25, -0.2) is 0 Å². The smallest absolute Gasteiger partial charge is 0.227 e. The Morgan fingerprint density at radius 1 is 1.10 bits per heavy atom. The van der Waals surface area contributed by atoms with Crippen LogP contribution in [-0.4, -0.2) is 19.0 Å². The van der Waals surface area contributed by atoms with E-state index in [0.29, 0.717) is 6.42 Å². The van der Waals surface area contributed by atoms with Crippen LogP contribution in [0.15, 0.2) is 24.3 Å². The number of nitrogens with one attached hydrogen (secondary N) is 1. The Bertz CT molecular complexity index is 480. The lowest BCUT2D eigenvalue weighted by Gasteiger charge is -2.23. The van der Waals surface area contributed by atoms with Gasteiger partial charge >= 0.3 is 0 Å². The van der Waals surface area contributed by atoms with Crippen LogP contribution >= 0.6 is 0 Å². The van der Waals surface area contributed by atoms with Gasteiger partial charge in [-0.1, -0.05) is 44.2 Å². The molecule has 2 aliphatic rings. The maximum absolute atomic E-state index is 11.9. The third kappa shape index (κ3) is 3.58. The van der Waals surface area contributed by atoms with Crippen molar-refractivity contribution in [1.82, 2.24) is 0 Å². The summed E-state index contributed by atoms with van der Waals surface area (Å²) < 4.78 is 0. The first kappa shape index (κ1) is 14.4. The minimum Gasteiger partial charge on any atom is -0.383 e. The number of amides is 1. The highest BCUT2D eigenvalue weighted by molar-refractivity contribution is 5.98. The van der Waals surface area contributed by atoms with Gasteiger partial charge in [0.05, 0.1) is 11.4 Å². The lowest BCUT2D eigenvalue weighted by molar-refractivity contribution is -0.117. The minimum absolute atomic E-state index is 0.261. The molecule has 114 valence electrons. The number of hydrogen-bond donors (Lipinski definition) is 1. The first-order valence-corrected chi connectivity index (χ1v) is 8.48. The standard InChI is InChI=1S/C18H26N2O/c21-18-11-6-14-20(18)17-10-5-4-9-16(17)19-13-12-15-7-2-1-3-8-15/h4-5,9-10,15,19H,1-3,6-8,11-14H2. The summed E-state index contributed by atoms with van der Waals surface area (Å²) in [5, 5.41) is 3.56. The van der Waals surface area contributed by atoms with Crippen molar-refractivity contribution in [2.45, 2.75) is 51.4 Å². The Kier molecular flexibility index (Phi) is 4.79. The van der Waals surface area contributed by atoms with Gasteiger partial charge in [-0.2, -0.15) is 0 Å². The van der Waals surface area contributed by atoms with Crippen LogP contribution in [0.5, 0.6) is 0 Å². The zero-order chi connectivity index (χ0) is 14.5. The summed E-state index contributed by atoms with van der Waals surface area (Å²) in [4.78, 5) is 13.9. The molecule has 0 radical (unpaired) electrons. The van der Waals surface area contributed by atoms with Gasteiger partial charge in [-0.05, 0) is 30.9 Å². The number of benzene rings is 1. The van der Waals surface area contributed by atoms with E-state index in [4.69, 9.17) is 0 Å². The molecule has 0 bridgehead atoms. The second kappa shape index (κ2) is 6.97. The molecule has 0 unspecified atom stereocenters. The molecule has 1 saturated heterocycles. The van der Waals surface area contributed by atoms with Crippen molar-refractivity contribution in [1.29, 1.82) is 0 Å². The Labute approximate surface area is 127 Å². The van der Waals surface area contributed by atoms with Crippen LogP contribution in [-0.2, 0) is 4.79 Å². The molecule has 1 amide bonds. The van der Waals surface area contributed by atoms with Gasteiger partial charge in [-0.3, -0.25) is 4.79 Å². The van der Waals surface area contributed by atoms with Gasteiger partial charge in [0.2, 0.25) is 5.91 Å². The third-order valence-electron chi connectivity index (χ3n) is 4.86. The maximum Gasteiger partial charge on any atom is 0.227 e. The lowest BCUT2D eigenvalue weighted by atomic mass is 9.87. The Morgan fingerprint density at radius 3 is 2.67 bits per heavy atom. The monoisotopic (exact) mass is 286 g/mol. The fourth-order valence-electron chi connectivity index (χ4n) is 3.65. The van der Waals surface area contributed by atoms with Crippen molar-refractivity contribution >= 4 is 17.3 Å². The van der Waals surface area contributed by atoms with E-state index in [-0.39, 0.29) is 5.91 Å². The van der Waals surface area contributed by atoms with Gasteiger partial charge in [0, 0.05) is 19.5 Å². The molecule has 1 heterocycles. The molecule has 0 aromatic heterocycles. The summed E-state index contributed by atoms with van der Waals surface area (Å²) in [5.74, 6) is 1.16. The van der Waals surface area contributed by atoms with Crippen LogP contribution in [0.25, 0.3) is 0 Å². The largest absolute Gasteiger partial charge is 0.383 e. The molecule has 1 aliphatic heterocycles. The van der Waals surface area contributed by atoms with Crippen LogP contribution in [0.1, 0.15) is 51.4 Å². The molecule has 3 rings (SSSR count). The van der Waals surface area contributed by atoms with E-state index in [9.17, 15) is 4.79 Å². The van der Waals surface area contributed by atoms with E-state index in [0.717, 1.165) is 36.8 Å². The lowest BCUT2D eigenvalue weighted by Crippen LogP contribution is -2.25. The maximum atomic E-state index is 11.9. The van der Waals surface area contributed by atoms with E-state index >= 15 is 0 Å². The zero-order valence-corrected chi connectivity index (χ0v) is 12.8. The quantitative estimate of drug-likeness (QED) is 0.880. The molecule has 1 aromatic rings. The Balaban J connectivity index is 1.58. The average molecular weight is 286 g/mol. The highest BCUT2D eigenvalue weighted by Gasteiger charge is 2.23. The SMILES string of the molecule is O=C1CCCN1c1ccccc1NCCC1CCCCC1. The van der Waals surface area contributed by atoms with E-state index in [1.54, 1.807) is 0 Å².